The van der Waals surface area contributed by atoms with Crippen LogP contribution < -0.4 is 15.2 Å². The van der Waals surface area contributed by atoms with Crippen LogP contribution in [0.1, 0.15) is 0 Å². The summed E-state index contributed by atoms with van der Waals surface area (Å²) in [5.41, 5.74) is 6.19. The molecule has 0 aromatic heterocycles. The molecule has 2 N–H and O–H groups in total. The Morgan fingerprint density at radius 2 is 1.91 bits per heavy atom. The molecule has 3 nitrogen and oxygen atoms in total. The van der Waals surface area contributed by atoms with Gasteiger partial charge in [-0.3, -0.25) is 0 Å². The van der Waals surface area contributed by atoms with E-state index in [0.29, 0.717) is 12.5 Å². The zero-order chi connectivity index (χ0) is 6.97. The first-order valence-corrected chi connectivity index (χ1v) is 3.01. The van der Waals surface area contributed by atoms with E-state index in [-0.39, 0.29) is 12.4 Å². The molecule has 1 aromatic carbocycles. The number of hydrogen-bond acceptors (Lipinski definition) is 3. The summed E-state index contributed by atoms with van der Waals surface area (Å²) in [6.07, 6.45) is 0. The largest absolute Gasteiger partial charge is 0.454 e. The second-order valence-electron chi connectivity index (χ2n) is 2.11. The quantitative estimate of drug-likeness (QED) is 0.604. The molecule has 1 aliphatic rings. The van der Waals surface area contributed by atoms with Crippen LogP contribution in [-0.4, -0.2) is 6.79 Å². The van der Waals surface area contributed by atoms with Crippen LogP contribution in [0.2, 0.25) is 0 Å². The molecule has 60 valence electrons. The van der Waals surface area contributed by atoms with Crippen molar-refractivity contribution in [1.82, 2.24) is 0 Å². The molecule has 0 aliphatic carbocycles. The van der Waals surface area contributed by atoms with Crippen LogP contribution in [0.15, 0.2) is 18.2 Å². The molecule has 0 bridgehead atoms. The van der Waals surface area contributed by atoms with Crippen LogP contribution >= 0.6 is 12.4 Å². The molecule has 0 fully saturated rings. The van der Waals surface area contributed by atoms with Gasteiger partial charge < -0.3 is 15.2 Å². The molecule has 0 saturated carbocycles. The number of nitrogens with two attached hydrogens (primary N) is 1. The van der Waals surface area contributed by atoms with Gasteiger partial charge in [0.1, 0.15) is 0 Å². The molecule has 4 heteroatoms. The van der Waals surface area contributed by atoms with Gasteiger partial charge in [-0.15, -0.1) is 12.4 Å². The van der Waals surface area contributed by atoms with Crippen molar-refractivity contribution < 1.29 is 9.47 Å². The number of nitrogen functional groups attached to an aromatic ring is 1. The smallest absolute Gasteiger partial charge is 0.231 e. The van der Waals surface area contributed by atoms with Gasteiger partial charge in [0.15, 0.2) is 11.5 Å². The van der Waals surface area contributed by atoms with E-state index in [1.807, 2.05) is 0 Å². The van der Waals surface area contributed by atoms with Crippen molar-refractivity contribution in [3.8, 4) is 11.5 Å². The molecule has 0 unspecified atom stereocenters. The van der Waals surface area contributed by atoms with Gasteiger partial charge in [0.25, 0.3) is 0 Å². The molecular weight excluding hydrogens is 166 g/mol. The van der Waals surface area contributed by atoms with Crippen molar-refractivity contribution in [3.05, 3.63) is 18.2 Å². The van der Waals surface area contributed by atoms with E-state index < -0.39 is 0 Å². The third-order valence-corrected chi connectivity index (χ3v) is 1.40. The molecule has 0 amide bonds. The zero-order valence-electron chi connectivity index (χ0n) is 5.74. The molecule has 11 heavy (non-hydrogen) atoms. The van der Waals surface area contributed by atoms with Crippen molar-refractivity contribution in [1.29, 1.82) is 0 Å². The van der Waals surface area contributed by atoms with Crippen LogP contribution in [0.5, 0.6) is 11.5 Å². The summed E-state index contributed by atoms with van der Waals surface area (Å²) in [7, 11) is 0. The number of rotatable bonds is 0. The lowest BCUT2D eigenvalue weighted by atomic mass is 10.3. The van der Waals surface area contributed by atoms with E-state index in [2.05, 4.69) is 0 Å². The summed E-state index contributed by atoms with van der Waals surface area (Å²) < 4.78 is 10.2. The summed E-state index contributed by atoms with van der Waals surface area (Å²) in [4.78, 5) is 0. The molecule has 1 aromatic rings. The van der Waals surface area contributed by atoms with E-state index in [0.717, 1.165) is 11.5 Å². The first-order valence-electron chi connectivity index (χ1n) is 3.01. The van der Waals surface area contributed by atoms with Crippen LogP contribution in [0.4, 0.5) is 5.69 Å². The molecule has 0 atom stereocenters. The molecule has 0 spiro atoms. The fourth-order valence-electron chi connectivity index (χ4n) is 0.913. The van der Waals surface area contributed by atoms with Gasteiger partial charge in [0.05, 0.1) is 0 Å². The van der Waals surface area contributed by atoms with Crippen LogP contribution in [0.3, 0.4) is 0 Å². The van der Waals surface area contributed by atoms with Gasteiger partial charge in [0, 0.05) is 11.8 Å². The molecular formula is C7H8ClNO2. The Morgan fingerprint density at radius 3 is 2.73 bits per heavy atom. The number of ether oxygens (including phenoxy) is 2. The SMILES string of the molecule is Cl.Nc1ccc2c(c1)OCO2. The lowest BCUT2D eigenvalue weighted by Crippen LogP contribution is -1.92. The maximum Gasteiger partial charge on any atom is 0.231 e. The van der Waals surface area contributed by atoms with Gasteiger partial charge in [-0.05, 0) is 12.1 Å². The fourth-order valence-corrected chi connectivity index (χ4v) is 0.913. The molecule has 2 rings (SSSR count). The van der Waals surface area contributed by atoms with Crippen molar-refractivity contribution in [2.24, 2.45) is 0 Å². The Bertz CT molecular complexity index is 265. The van der Waals surface area contributed by atoms with Gasteiger partial charge in [-0.1, -0.05) is 0 Å². The van der Waals surface area contributed by atoms with Crippen molar-refractivity contribution in [2.75, 3.05) is 12.5 Å². The highest BCUT2D eigenvalue weighted by Crippen LogP contribution is 2.32. The Morgan fingerprint density at radius 1 is 1.18 bits per heavy atom. The van der Waals surface area contributed by atoms with E-state index in [4.69, 9.17) is 15.2 Å². The summed E-state index contributed by atoms with van der Waals surface area (Å²) in [6.45, 7) is 0.304. The molecule has 1 aliphatic heterocycles. The van der Waals surface area contributed by atoms with E-state index in [1.165, 1.54) is 0 Å². The van der Waals surface area contributed by atoms with Crippen molar-refractivity contribution >= 4 is 18.1 Å². The minimum Gasteiger partial charge on any atom is -0.454 e. The Hall–Kier alpha value is -1.09. The highest BCUT2D eigenvalue weighted by Gasteiger charge is 2.11. The highest BCUT2D eigenvalue weighted by atomic mass is 35.5. The Balaban J connectivity index is 0.000000605. The minimum absolute atomic E-state index is 0. The standard InChI is InChI=1S/C7H7NO2.ClH/c8-5-1-2-6-7(3-5)10-4-9-6;/h1-3H,4,8H2;1H. The predicted octanol–water partition coefficient (Wildman–Crippen LogP) is 1.42. The Kier molecular flexibility index (Phi) is 2.10. The maximum absolute atomic E-state index is 5.50. The lowest BCUT2D eigenvalue weighted by molar-refractivity contribution is 0.174. The average molecular weight is 174 g/mol. The van der Waals surface area contributed by atoms with Crippen molar-refractivity contribution in [3.63, 3.8) is 0 Å². The van der Waals surface area contributed by atoms with Crippen molar-refractivity contribution in [2.45, 2.75) is 0 Å². The summed E-state index contributed by atoms with van der Waals surface area (Å²) in [5.74, 6) is 1.51. The fraction of sp³-hybridized carbons (Fsp3) is 0.143. The van der Waals surface area contributed by atoms with Crippen LogP contribution in [-0.2, 0) is 0 Å². The Labute approximate surface area is 70.5 Å². The van der Waals surface area contributed by atoms with E-state index >= 15 is 0 Å². The first-order chi connectivity index (χ1) is 4.86. The predicted molar refractivity (Wildman–Crippen MR) is 44.2 cm³/mol. The maximum atomic E-state index is 5.50. The summed E-state index contributed by atoms with van der Waals surface area (Å²) >= 11 is 0. The van der Waals surface area contributed by atoms with Gasteiger partial charge in [-0.2, -0.15) is 0 Å². The van der Waals surface area contributed by atoms with Crippen LogP contribution in [0, 0.1) is 0 Å². The average Bonchev–Trinajstić information content (AvgIpc) is 2.33. The third kappa shape index (κ3) is 1.33. The topological polar surface area (TPSA) is 44.5 Å². The highest BCUT2D eigenvalue weighted by molar-refractivity contribution is 5.85. The molecule has 1 heterocycles. The first kappa shape index (κ1) is 8.01. The summed E-state index contributed by atoms with van der Waals surface area (Å²) in [5, 5.41) is 0. The molecule has 0 saturated heterocycles. The van der Waals surface area contributed by atoms with E-state index in [1.54, 1.807) is 18.2 Å². The molecule has 0 radical (unpaired) electrons. The number of halogens is 1. The second kappa shape index (κ2) is 2.88. The summed E-state index contributed by atoms with van der Waals surface area (Å²) in [6, 6.07) is 5.34. The number of anilines is 1. The number of fused-ring (bicyclic) bond motifs is 1. The third-order valence-electron chi connectivity index (χ3n) is 1.40. The zero-order valence-corrected chi connectivity index (χ0v) is 6.56. The minimum atomic E-state index is 0. The van der Waals surface area contributed by atoms with E-state index in [9.17, 15) is 0 Å². The van der Waals surface area contributed by atoms with Crippen LogP contribution in [0.25, 0.3) is 0 Å². The lowest BCUT2D eigenvalue weighted by Gasteiger charge is -1.94. The number of hydrogen-bond donors (Lipinski definition) is 1. The monoisotopic (exact) mass is 173 g/mol. The van der Waals surface area contributed by atoms with Gasteiger partial charge >= 0.3 is 0 Å². The second-order valence-corrected chi connectivity index (χ2v) is 2.11. The van der Waals surface area contributed by atoms with Gasteiger partial charge in [-0.25, -0.2) is 0 Å². The normalized spacial score (nSPS) is 12.4. The van der Waals surface area contributed by atoms with Gasteiger partial charge in [0.2, 0.25) is 6.79 Å². The number of benzene rings is 1.